The number of nitrogens with zero attached hydrogens (tertiary/aromatic N) is 3. The number of benzene rings is 2. The van der Waals surface area contributed by atoms with Gasteiger partial charge in [-0.05, 0) is 47.7 Å². The number of anilines is 1. The van der Waals surface area contributed by atoms with Gasteiger partial charge in [-0.15, -0.1) is 5.10 Å². The van der Waals surface area contributed by atoms with Crippen molar-refractivity contribution in [3.8, 4) is 0 Å². The molecule has 0 saturated heterocycles. The molecule has 0 aliphatic heterocycles. The van der Waals surface area contributed by atoms with Crippen molar-refractivity contribution in [2.45, 2.75) is 57.8 Å². The van der Waals surface area contributed by atoms with Crippen LogP contribution in [0.4, 0.5) is 6.01 Å². The highest BCUT2D eigenvalue weighted by molar-refractivity contribution is 7.89. The van der Waals surface area contributed by atoms with Crippen LogP contribution in [0, 0.1) is 0 Å². The number of carbonyl (C=O) groups is 1. The number of carbonyl (C=O) groups excluding carboxylic acids is 1. The average Bonchev–Trinajstić information content (AvgIpc) is 3.26. The fraction of sp³-hybridized carbons (Fsp3) is 0.400. The predicted molar refractivity (Wildman–Crippen MR) is 131 cm³/mol. The molecule has 0 radical (unpaired) electrons. The lowest BCUT2D eigenvalue weighted by atomic mass is 10.0. The summed E-state index contributed by atoms with van der Waals surface area (Å²) in [4.78, 5) is 12.7. The minimum absolute atomic E-state index is 0.00720. The minimum Gasteiger partial charge on any atom is -0.407 e. The zero-order valence-corrected chi connectivity index (χ0v) is 20.9. The topological polar surface area (TPSA) is 105 Å². The smallest absolute Gasteiger partial charge is 0.322 e. The molecule has 0 aliphatic carbocycles. The van der Waals surface area contributed by atoms with Crippen LogP contribution in [0.1, 0.15) is 73.8 Å². The molecular weight excluding hydrogens is 452 g/mol. The molecule has 2 aromatic carbocycles. The Bertz CT molecular complexity index is 1190. The van der Waals surface area contributed by atoms with Crippen LogP contribution in [0.15, 0.2) is 57.8 Å². The second kappa shape index (κ2) is 11.4. The van der Waals surface area contributed by atoms with Gasteiger partial charge in [0.2, 0.25) is 15.9 Å². The van der Waals surface area contributed by atoms with E-state index in [1.165, 1.54) is 34.1 Å². The average molecular weight is 485 g/mol. The molecule has 182 valence electrons. The summed E-state index contributed by atoms with van der Waals surface area (Å²) in [5.74, 6) is 0.389. The van der Waals surface area contributed by atoms with Crippen molar-refractivity contribution in [1.29, 1.82) is 0 Å². The van der Waals surface area contributed by atoms with Gasteiger partial charge < -0.3 is 4.42 Å². The number of aromatic nitrogens is 2. The molecule has 1 aromatic heterocycles. The maximum atomic E-state index is 12.8. The van der Waals surface area contributed by atoms with Gasteiger partial charge in [-0.2, -0.15) is 4.31 Å². The standard InChI is InChI=1S/C25H32N4O4S/c1-5-7-16-29(6-2)34(31,32)22-14-12-21(13-15-22)24(30)26-25-28-27-23(33-25)17-19-8-10-20(11-9-19)18(3)4/h8-15,18H,5-7,16-17H2,1-4H3,(H,26,28,30). The Morgan fingerprint density at radius 3 is 2.29 bits per heavy atom. The molecule has 1 amide bonds. The molecule has 3 aromatic rings. The number of hydrogen-bond acceptors (Lipinski definition) is 6. The van der Waals surface area contributed by atoms with Crippen LogP contribution in [-0.4, -0.2) is 41.9 Å². The molecule has 8 nitrogen and oxygen atoms in total. The van der Waals surface area contributed by atoms with E-state index in [4.69, 9.17) is 4.42 Å². The molecule has 0 aliphatic rings. The Hall–Kier alpha value is -3.04. The number of rotatable bonds is 11. The third-order valence-corrected chi connectivity index (χ3v) is 7.55. The van der Waals surface area contributed by atoms with Crippen LogP contribution < -0.4 is 5.32 Å². The van der Waals surface area contributed by atoms with Gasteiger partial charge in [-0.25, -0.2) is 8.42 Å². The van der Waals surface area contributed by atoms with Crippen molar-refractivity contribution in [3.05, 3.63) is 71.1 Å². The Balaban J connectivity index is 1.63. The van der Waals surface area contributed by atoms with E-state index < -0.39 is 15.9 Å². The molecule has 34 heavy (non-hydrogen) atoms. The fourth-order valence-corrected chi connectivity index (χ4v) is 4.94. The molecule has 1 N–H and O–H groups in total. The maximum absolute atomic E-state index is 12.8. The Kier molecular flexibility index (Phi) is 8.57. The van der Waals surface area contributed by atoms with Gasteiger partial charge in [0.15, 0.2) is 0 Å². The fourth-order valence-electron chi connectivity index (χ4n) is 3.45. The van der Waals surface area contributed by atoms with E-state index >= 15 is 0 Å². The molecule has 0 bridgehead atoms. The molecule has 0 atom stereocenters. The monoisotopic (exact) mass is 484 g/mol. The van der Waals surface area contributed by atoms with E-state index in [0.29, 0.717) is 36.9 Å². The van der Waals surface area contributed by atoms with E-state index in [2.05, 4.69) is 41.5 Å². The van der Waals surface area contributed by atoms with E-state index in [1.807, 2.05) is 26.0 Å². The predicted octanol–water partition coefficient (Wildman–Crippen LogP) is 4.85. The molecule has 0 fully saturated rings. The lowest BCUT2D eigenvalue weighted by Crippen LogP contribution is -2.31. The number of hydrogen-bond donors (Lipinski definition) is 1. The Labute approximate surface area is 201 Å². The first-order valence-electron chi connectivity index (χ1n) is 11.6. The van der Waals surface area contributed by atoms with Crippen LogP contribution in [0.25, 0.3) is 0 Å². The minimum atomic E-state index is -3.60. The quantitative estimate of drug-likeness (QED) is 0.417. The van der Waals surface area contributed by atoms with E-state index in [1.54, 1.807) is 0 Å². The van der Waals surface area contributed by atoms with Crippen molar-refractivity contribution in [2.24, 2.45) is 0 Å². The van der Waals surface area contributed by atoms with E-state index in [0.717, 1.165) is 18.4 Å². The maximum Gasteiger partial charge on any atom is 0.322 e. The van der Waals surface area contributed by atoms with Crippen molar-refractivity contribution < 1.29 is 17.6 Å². The lowest BCUT2D eigenvalue weighted by Gasteiger charge is -2.20. The lowest BCUT2D eigenvalue weighted by molar-refractivity contribution is 0.102. The number of nitrogens with one attached hydrogen (secondary N) is 1. The van der Waals surface area contributed by atoms with Crippen LogP contribution >= 0.6 is 0 Å². The van der Waals surface area contributed by atoms with Gasteiger partial charge in [0.25, 0.3) is 5.91 Å². The molecule has 0 unspecified atom stereocenters. The third-order valence-electron chi connectivity index (χ3n) is 5.56. The van der Waals surface area contributed by atoms with Gasteiger partial charge in [-0.1, -0.05) is 63.5 Å². The van der Waals surface area contributed by atoms with Crippen molar-refractivity contribution >= 4 is 21.9 Å². The van der Waals surface area contributed by atoms with Crippen molar-refractivity contribution in [3.63, 3.8) is 0 Å². The number of sulfonamides is 1. The molecule has 1 heterocycles. The SMILES string of the molecule is CCCCN(CC)S(=O)(=O)c1ccc(C(=O)Nc2nnc(Cc3ccc(C(C)C)cc3)o2)cc1. The van der Waals surface area contributed by atoms with Gasteiger partial charge >= 0.3 is 6.01 Å². The van der Waals surface area contributed by atoms with E-state index in [-0.39, 0.29) is 10.9 Å². The zero-order valence-electron chi connectivity index (χ0n) is 20.1. The van der Waals surface area contributed by atoms with Crippen LogP contribution in [-0.2, 0) is 16.4 Å². The van der Waals surface area contributed by atoms with Crippen LogP contribution in [0.2, 0.25) is 0 Å². The van der Waals surface area contributed by atoms with Gasteiger partial charge in [-0.3, -0.25) is 10.1 Å². The summed E-state index contributed by atoms with van der Waals surface area (Å²) < 4.78 is 32.7. The Morgan fingerprint density at radius 2 is 1.71 bits per heavy atom. The van der Waals surface area contributed by atoms with Crippen molar-refractivity contribution in [1.82, 2.24) is 14.5 Å². The summed E-state index contributed by atoms with van der Waals surface area (Å²) in [5, 5.41) is 10.5. The van der Waals surface area contributed by atoms with Gasteiger partial charge in [0.1, 0.15) is 0 Å². The molecule has 0 saturated carbocycles. The van der Waals surface area contributed by atoms with E-state index in [9.17, 15) is 13.2 Å². The second-order valence-corrected chi connectivity index (χ2v) is 10.3. The molecule has 3 rings (SSSR count). The highest BCUT2D eigenvalue weighted by Crippen LogP contribution is 2.19. The highest BCUT2D eigenvalue weighted by Gasteiger charge is 2.23. The first-order chi connectivity index (χ1) is 16.2. The summed E-state index contributed by atoms with van der Waals surface area (Å²) in [6, 6.07) is 14.0. The van der Waals surface area contributed by atoms with Gasteiger partial charge in [0.05, 0.1) is 11.3 Å². The highest BCUT2D eigenvalue weighted by atomic mass is 32.2. The summed E-state index contributed by atoms with van der Waals surface area (Å²) in [6.07, 6.45) is 2.16. The third kappa shape index (κ3) is 6.30. The van der Waals surface area contributed by atoms with Crippen molar-refractivity contribution in [2.75, 3.05) is 18.4 Å². The number of unbranched alkanes of at least 4 members (excludes halogenated alkanes) is 1. The summed E-state index contributed by atoms with van der Waals surface area (Å²) in [6.45, 7) is 8.98. The van der Waals surface area contributed by atoms with Gasteiger partial charge in [0, 0.05) is 18.7 Å². The summed E-state index contributed by atoms with van der Waals surface area (Å²) in [5.41, 5.74) is 2.58. The molecule has 9 heteroatoms. The normalized spacial score (nSPS) is 11.8. The summed E-state index contributed by atoms with van der Waals surface area (Å²) in [7, 11) is -3.60. The number of amides is 1. The largest absolute Gasteiger partial charge is 0.407 e. The molecule has 0 spiro atoms. The van der Waals surface area contributed by atoms with Crippen LogP contribution in [0.3, 0.4) is 0 Å². The van der Waals surface area contributed by atoms with Crippen LogP contribution in [0.5, 0.6) is 0 Å². The second-order valence-electron chi connectivity index (χ2n) is 8.40. The Morgan fingerprint density at radius 1 is 1.03 bits per heavy atom. The zero-order chi connectivity index (χ0) is 24.7. The summed E-state index contributed by atoms with van der Waals surface area (Å²) >= 11 is 0. The first-order valence-corrected chi connectivity index (χ1v) is 13.0. The first kappa shape index (κ1) is 25.6. The molecular formula is C25H32N4O4S.